The van der Waals surface area contributed by atoms with Crippen molar-refractivity contribution in [3.63, 3.8) is 0 Å². The van der Waals surface area contributed by atoms with Crippen LogP contribution in [0.3, 0.4) is 0 Å². The van der Waals surface area contributed by atoms with Gasteiger partial charge in [-0.1, -0.05) is 20.8 Å². The molecule has 0 aliphatic carbocycles. The van der Waals surface area contributed by atoms with Crippen LogP contribution >= 0.6 is 0 Å². The zero-order chi connectivity index (χ0) is 15.4. The Morgan fingerprint density at radius 2 is 1.80 bits per heavy atom. The molecule has 0 amide bonds. The molecule has 0 saturated heterocycles. The van der Waals surface area contributed by atoms with Crippen molar-refractivity contribution in [1.29, 1.82) is 0 Å². The second kappa shape index (κ2) is 6.15. The number of nitrogens with zero attached hydrogens (tertiary/aromatic N) is 1. The lowest BCUT2D eigenvalue weighted by Gasteiger charge is -2.16. The summed E-state index contributed by atoms with van der Waals surface area (Å²) in [5.41, 5.74) is 0.237. The summed E-state index contributed by atoms with van der Waals surface area (Å²) in [6.45, 7) is 5.67. The summed E-state index contributed by atoms with van der Waals surface area (Å²) in [7, 11) is -3.75. The molecular weight excluding hydrogens is 282 g/mol. The maximum absolute atomic E-state index is 11.6. The van der Waals surface area contributed by atoms with Gasteiger partial charge in [0.1, 0.15) is 0 Å². The van der Waals surface area contributed by atoms with Crippen LogP contribution in [-0.2, 0) is 14.3 Å². The van der Waals surface area contributed by atoms with Crippen LogP contribution in [0.1, 0.15) is 26.3 Å². The Morgan fingerprint density at radius 1 is 1.25 bits per heavy atom. The topological polar surface area (TPSA) is 86.5 Å². The molecule has 0 N–H and O–H groups in total. The molecule has 0 unspecified atom stereocenters. The third-order valence-corrected chi connectivity index (χ3v) is 3.10. The first-order chi connectivity index (χ1) is 9.09. The van der Waals surface area contributed by atoms with Crippen molar-refractivity contribution in [2.24, 2.45) is 5.41 Å². The van der Waals surface area contributed by atoms with Crippen molar-refractivity contribution >= 4 is 21.9 Å². The van der Waals surface area contributed by atoms with Crippen molar-refractivity contribution < 1.29 is 17.5 Å². The van der Waals surface area contributed by atoms with Crippen LogP contribution in [0.4, 0.5) is 5.69 Å². The zero-order valence-electron chi connectivity index (χ0n) is 11.6. The summed E-state index contributed by atoms with van der Waals surface area (Å²) in [6, 6.07) is 5.55. The van der Waals surface area contributed by atoms with Crippen LogP contribution in [0.15, 0.2) is 29.7 Å². The van der Waals surface area contributed by atoms with Crippen molar-refractivity contribution in [2.45, 2.75) is 20.8 Å². The standard InChI is InChI=1S/C13H17NO5S/c1-13(2,3)10-19-20(17,18)9-8-11-4-6-12(7-5-11)14(15)16/h4-9H,10H2,1-3H3/b9-8+. The second-order valence-electron chi connectivity index (χ2n) is 5.47. The van der Waals surface area contributed by atoms with Crippen LogP contribution in [0.2, 0.25) is 0 Å². The maximum atomic E-state index is 11.6. The number of non-ortho nitro benzene ring substituents is 1. The second-order valence-corrected chi connectivity index (χ2v) is 6.96. The summed E-state index contributed by atoms with van der Waals surface area (Å²) in [5, 5.41) is 11.4. The van der Waals surface area contributed by atoms with E-state index in [0.717, 1.165) is 5.41 Å². The van der Waals surface area contributed by atoms with E-state index in [4.69, 9.17) is 4.18 Å². The molecule has 1 aromatic carbocycles. The van der Waals surface area contributed by atoms with Gasteiger partial charge in [0, 0.05) is 12.1 Å². The van der Waals surface area contributed by atoms with Crippen molar-refractivity contribution in [3.05, 3.63) is 45.4 Å². The smallest absolute Gasteiger partial charge is 0.266 e. The highest BCUT2D eigenvalue weighted by atomic mass is 32.2. The first-order valence-corrected chi connectivity index (χ1v) is 7.38. The van der Waals surface area contributed by atoms with Gasteiger partial charge in [0.15, 0.2) is 0 Å². The number of hydrogen-bond donors (Lipinski definition) is 0. The molecule has 0 aliphatic heterocycles. The molecule has 0 heterocycles. The molecule has 0 saturated carbocycles. The van der Waals surface area contributed by atoms with Crippen molar-refractivity contribution in [2.75, 3.05) is 6.61 Å². The first kappa shape index (κ1) is 16.3. The third kappa shape index (κ3) is 5.94. The fourth-order valence-electron chi connectivity index (χ4n) is 1.17. The van der Waals surface area contributed by atoms with Crippen molar-refractivity contribution in [1.82, 2.24) is 0 Å². The van der Waals surface area contributed by atoms with E-state index in [9.17, 15) is 18.5 Å². The van der Waals surface area contributed by atoms with Gasteiger partial charge >= 0.3 is 0 Å². The van der Waals surface area contributed by atoms with Crippen LogP contribution in [0.5, 0.6) is 0 Å². The van der Waals surface area contributed by atoms with E-state index in [0.29, 0.717) is 5.56 Å². The summed E-state index contributed by atoms with van der Waals surface area (Å²) in [6.07, 6.45) is 1.34. The highest BCUT2D eigenvalue weighted by Gasteiger charge is 2.15. The number of benzene rings is 1. The number of hydrogen-bond acceptors (Lipinski definition) is 5. The summed E-state index contributed by atoms with van der Waals surface area (Å²) < 4.78 is 28.1. The van der Waals surface area contributed by atoms with Crippen LogP contribution in [-0.4, -0.2) is 19.9 Å². The van der Waals surface area contributed by atoms with Crippen LogP contribution < -0.4 is 0 Å². The van der Waals surface area contributed by atoms with Crippen LogP contribution in [0, 0.1) is 15.5 Å². The fourth-order valence-corrected chi connectivity index (χ4v) is 2.09. The molecule has 0 fully saturated rings. The van der Waals surface area contributed by atoms with E-state index in [1.54, 1.807) is 0 Å². The Morgan fingerprint density at radius 3 is 2.25 bits per heavy atom. The molecule has 0 aromatic heterocycles. The van der Waals surface area contributed by atoms with Crippen molar-refractivity contribution in [3.8, 4) is 0 Å². The van der Waals surface area contributed by atoms with Gasteiger partial charge in [-0.2, -0.15) is 8.42 Å². The Balaban J connectivity index is 2.74. The highest BCUT2D eigenvalue weighted by molar-refractivity contribution is 7.89. The molecule has 0 aliphatic rings. The van der Waals surface area contributed by atoms with E-state index in [1.807, 2.05) is 20.8 Å². The van der Waals surface area contributed by atoms with Gasteiger partial charge in [-0.25, -0.2) is 0 Å². The molecule has 0 spiro atoms. The highest BCUT2D eigenvalue weighted by Crippen LogP contribution is 2.16. The molecular formula is C13H17NO5S. The lowest BCUT2D eigenvalue weighted by Crippen LogP contribution is -2.17. The minimum atomic E-state index is -3.75. The minimum absolute atomic E-state index is 0.0472. The molecule has 20 heavy (non-hydrogen) atoms. The summed E-state index contributed by atoms with van der Waals surface area (Å²) in [4.78, 5) is 9.96. The summed E-state index contributed by atoms with van der Waals surface area (Å²) in [5.74, 6) is 0. The van der Waals surface area contributed by atoms with E-state index in [-0.39, 0.29) is 17.7 Å². The Bertz CT molecular complexity index is 597. The molecule has 0 radical (unpaired) electrons. The molecule has 0 atom stereocenters. The van der Waals surface area contributed by atoms with Crippen LogP contribution in [0.25, 0.3) is 6.08 Å². The monoisotopic (exact) mass is 299 g/mol. The quantitative estimate of drug-likeness (QED) is 0.474. The van der Waals surface area contributed by atoms with Gasteiger partial charge in [-0.15, -0.1) is 0 Å². The molecule has 0 bridgehead atoms. The molecule has 1 rings (SSSR count). The van der Waals surface area contributed by atoms with Gasteiger partial charge < -0.3 is 0 Å². The average Bonchev–Trinajstić information content (AvgIpc) is 2.34. The normalized spacial score (nSPS) is 12.8. The Labute approximate surface area is 118 Å². The SMILES string of the molecule is CC(C)(C)COS(=O)(=O)/C=C/c1ccc([N+](=O)[O-])cc1. The summed E-state index contributed by atoms with van der Waals surface area (Å²) >= 11 is 0. The first-order valence-electron chi connectivity index (χ1n) is 5.91. The number of rotatable bonds is 5. The Kier molecular flexibility index (Phi) is 5.02. The van der Waals surface area contributed by atoms with Gasteiger partial charge in [-0.3, -0.25) is 14.3 Å². The fraction of sp³-hybridized carbons (Fsp3) is 0.385. The molecule has 6 nitrogen and oxygen atoms in total. The minimum Gasteiger partial charge on any atom is -0.266 e. The average molecular weight is 299 g/mol. The predicted octanol–water partition coefficient (Wildman–Crippen LogP) is 2.96. The van der Waals surface area contributed by atoms with Gasteiger partial charge in [0.2, 0.25) is 0 Å². The third-order valence-electron chi connectivity index (χ3n) is 2.19. The van der Waals surface area contributed by atoms with E-state index in [2.05, 4.69) is 0 Å². The van der Waals surface area contributed by atoms with Gasteiger partial charge in [0.25, 0.3) is 15.8 Å². The molecule has 110 valence electrons. The molecule has 7 heteroatoms. The lowest BCUT2D eigenvalue weighted by molar-refractivity contribution is -0.384. The van der Waals surface area contributed by atoms with E-state index < -0.39 is 15.0 Å². The number of nitro groups is 1. The molecule has 1 aromatic rings. The van der Waals surface area contributed by atoms with Gasteiger partial charge in [0.05, 0.1) is 16.9 Å². The maximum Gasteiger partial charge on any atom is 0.290 e. The Hall–Kier alpha value is -1.73. The lowest BCUT2D eigenvalue weighted by atomic mass is 9.99. The van der Waals surface area contributed by atoms with Gasteiger partial charge in [-0.05, 0) is 29.2 Å². The van der Waals surface area contributed by atoms with E-state index in [1.165, 1.54) is 30.3 Å². The predicted molar refractivity (Wildman–Crippen MR) is 76.5 cm³/mol. The number of nitro benzene ring substituents is 1. The largest absolute Gasteiger partial charge is 0.290 e. The van der Waals surface area contributed by atoms with E-state index >= 15 is 0 Å². The zero-order valence-corrected chi connectivity index (χ0v) is 12.4.